The molecule has 0 unspecified atom stereocenters. The minimum Gasteiger partial charge on any atom is -0.351 e. The number of alkyl halides is 3. The van der Waals surface area contributed by atoms with Crippen LogP contribution in [-0.4, -0.2) is 28.1 Å². The maximum absolute atomic E-state index is 12.7. The van der Waals surface area contributed by atoms with Gasteiger partial charge in [0.25, 0.3) is 0 Å². The Morgan fingerprint density at radius 1 is 1.21 bits per heavy atom. The van der Waals surface area contributed by atoms with E-state index in [4.69, 9.17) is 4.52 Å². The highest BCUT2D eigenvalue weighted by Gasteiger charge is 2.32. The average molecular weight is 337 g/mol. The summed E-state index contributed by atoms with van der Waals surface area (Å²) in [6, 6.07) is 4.85. The molecule has 0 fully saturated rings. The molecule has 0 aromatic carbocycles. The van der Waals surface area contributed by atoms with Crippen molar-refractivity contribution >= 4 is 22.6 Å². The third-order valence-corrected chi connectivity index (χ3v) is 3.13. The van der Waals surface area contributed by atoms with Crippen LogP contribution in [-0.2, 0) is 6.18 Å². The number of hydrogen-bond donors (Lipinski definition) is 1. The molecular weight excluding hydrogens is 327 g/mol. The number of carbonyl (C=O) groups excluding carboxylic acids is 1. The van der Waals surface area contributed by atoms with Crippen molar-refractivity contribution < 1.29 is 22.5 Å². The van der Waals surface area contributed by atoms with Crippen molar-refractivity contribution in [3.8, 4) is 0 Å². The summed E-state index contributed by atoms with van der Waals surface area (Å²) in [6.45, 7) is 0. The smallest absolute Gasteiger partial charge is 0.351 e. The molecular formula is C14H10F3N5O2. The van der Waals surface area contributed by atoms with Crippen LogP contribution in [0.3, 0.4) is 0 Å². The van der Waals surface area contributed by atoms with Gasteiger partial charge in [-0.25, -0.2) is 9.97 Å². The van der Waals surface area contributed by atoms with E-state index in [9.17, 15) is 18.0 Å². The standard InChI is InChI=1S/C14H10F3N5O2/c1-22(21-13(23)10-5-7-19-24-10)12-8-2-3-11(14(15,16)17)20-9(8)4-6-18-12/h2-7H,1H3,(H,21,23). The van der Waals surface area contributed by atoms with E-state index in [1.165, 1.54) is 42.6 Å². The number of aromatic nitrogens is 3. The van der Waals surface area contributed by atoms with Gasteiger partial charge in [0, 0.05) is 24.7 Å². The Balaban J connectivity index is 1.93. The Labute approximate surface area is 133 Å². The molecule has 0 atom stereocenters. The van der Waals surface area contributed by atoms with Crippen LogP contribution in [0.5, 0.6) is 0 Å². The lowest BCUT2D eigenvalue weighted by Gasteiger charge is -2.20. The molecule has 0 spiro atoms. The first-order chi connectivity index (χ1) is 11.4. The number of nitrogens with zero attached hydrogens (tertiary/aromatic N) is 4. The van der Waals surface area contributed by atoms with E-state index >= 15 is 0 Å². The molecule has 7 nitrogen and oxygen atoms in total. The normalized spacial score (nSPS) is 11.5. The summed E-state index contributed by atoms with van der Waals surface area (Å²) in [5.41, 5.74) is 1.59. The zero-order valence-corrected chi connectivity index (χ0v) is 12.2. The zero-order valence-electron chi connectivity index (χ0n) is 12.2. The molecule has 0 radical (unpaired) electrons. The molecule has 0 aliphatic heterocycles. The van der Waals surface area contributed by atoms with Gasteiger partial charge in [-0.2, -0.15) is 13.2 Å². The summed E-state index contributed by atoms with van der Waals surface area (Å²) >= 11 is 0. The second-order valence-corrected chi connectivity index (χ2v) is 4.77. The number of amides is 1. The number of hydrogen-bond acceptors (Lipinski definition) is 6. The summed E-state index contributed by atoms with van der Waals surface area (Å²) in [7, 11) is 1.49. The molecule has 0 aliphatic carbocycles. The molecule has 3 heterocycles. The molecule has 10 heteroatoms. The van der Waals surface area contributed by atoms with Crippen molar-refractivity contribution in [2.24, 2.45) is 0 Å². The van der Waals surface area contributed by atoms with E-state index in [1.54, 1.807) is 0 Å². The largest absolute Gasteiger partial charge is 0.433 e. The third-order valence-electron chi connectivity index (χ3n) is 3.13. The number of nitrogens with one attached hydrogen (secondary N) is 1. The predicted octanol–water partition coefficient (Wildman–Crippen LogP) is 2.42. The first-order valence-corrected chi connectivity index (χ1v) is 6.64. The number of carbonyl (C=O) groups is 1. The van der Waals surface area contributed by atoms with Crippen LogP contribution in [0, 0.1) is 0 Å². The van der Waals surface area contributed by atoms with Gasteiger partial charge in [-0.1, -0.05) is 5.16 Å². The molecule has 3 aromatic rings. The van der Waals surface area contributed by atoms with Crippen LogP contribution in [0.25, 0.3) is 10.9 Å². The number of rotatable bonds is 3. The van der Waals surface area contributed by atoms with E-state index in [0.29, 0.717) is 5.39 Å². The lowest BCUT2D eigenvalue weighted by Crippen LogP contribution is -2.39. The Hall–Kier alpha value is -3.17. The first-order valence-electron chi connectivity index (χ1n) is 6.64. The van der Waals surface area contributed by atoms with E-state index in [1.807, 2.05) is 0 Å². The lowest BCUT2D eigenvalue weighted by atomic mass is 10.2. The van der Waals surface area contributed by atoms with Crippen molar-refractivity contribution in [3.63, 3.8) is 0 Å². The SMILES string of the molecule is CN(NC(=O)c1ccno1)c1nccc2nc(C(F)(F)F)ccc12. The first kappa shape index (κ1) is 15.7. The van der Waals surface area contributed by atoms with Gasteiger partial charge in [-0.15, -0.1) is 0 Å². The summed E-state index contributed by atoms with van der Waals surface area (Å²) in [5, 5.41) is 5.04. The highest BCUT2D eigenvalue weighted by Crippen LogP contribution is 2.30. The quantitative estimate of drug-likeness (QED) is 0.739. The van der Waals surface area contributed by atoms with Crippen LogP contribution in [0.15, 0.2) is 41.2 Å². The molecule has 24 heavy (non-hydrogen) atoms. The van der Waals surface area contributed by atoms with Crippen molar-refractivity contribution in [1.82, 2.24) is 20.6 Å². The highest BCUT2D eigenvalue weighted by atomic mass is 19.4. The van der Waals surface area contributed by atoms with Gasteiger partial charge in [0.05, 0.1) is 11.7 Å². The van der Waals surface area contributed by atoms with E-state index in [-0.39, 0.29) is 17.1 Å². The Kier molecular flexibility index (Phi) is 3.80. The second kappa shape index (κ2) is 5.80. The van der Waals surface area contributed by atoms with E-state index in [2.05, 4.69) is 20.6 Å². The predicted molar refractivity (Wildman–Crippen MR) is 76.9 cm³/mol. The van der Waals surface area contributed by atoms with Crippen LogP contribution in [0.1, 0.15) is 16.2 Å². The minimum absolute atomic E-state index is 0.0143. The maximum atomic E-state index is 12.7. The minimum atomic E-state index is -4.54. The topological polar surface area (TPSA) is 84.2 Å². The monoisotopic (exact) mass is 337 g/mol. The van der Waals surface area contributed by atoms with Crippen LogP contribution < -0.4 is 10.4 Å². The van der Waals surface area contributed by atoms with Crippen LogP contribution >= 0.6 is 0 Å². The van der Waals surface area contributed by atoms with Crippen LogP contribution in [0.4, 0.5) is 19.0 Å². The third kappa shape index (κ3) is 2.98. The number of anilines is 1. The number of halogens is 3. The maximum Gasteiger partial charge on any atom is 0.433 e. The Morgan fingerprint density at radius 3 is 2.67 bits per heavy atom. The fourth-order valence-corrected chi connectivity index (χ4v) is 2.06. The van der Waals surface area contributed by atoms with E-state index in [0.717, 1.165) is 6.07 Å². The summed E-state index contributed by atoms with van der Waals surface area (Å²) in [5.74, 6) is -0.352. The van der Waals surface area contributed by atoms with Gasteiger partial charge in [-0.3, -0.25) is 15.2 Å². The second-order valence-electron chi connectivity index (χ2n) is 4.77. The zero-order chi connectivity index (χ0) is 17.3. The number of hydrazine groups is 1. The number of fused-ring (bicyclic) bond motifs is 1. The van der Waals surface area contributed by atoms with Gasteiger partial charge in [0.15, 0.2) is 5.82 Å². The van der Waals surface area contributed by atoms with Gasteiger partial charge < -0.3 is 4.52 Å². The lowest BCUT2D eigenvalue weighted by molar-refractivity contribution is -0.140. The fourth-order valence-electron chi connectivity index (χ4n) is 2.06. The van der Waals surface area contributed by atoms with Gasteiger partial charge >= 0.3 is 12.1 Å². The molecule has 3 rings (SSSR count). The molecule has 0 saturated heterocycles. The highest BCUT2D eigenvalue weighted by molar-refractivity contribution is 5.94. The van der Waals surface area contributed by atoms with E-state index < -0.39 is 17.8 Å². The number of pyridine rings is 2. The summed E-state index contributed by atoms with van der Waals surface area (Å²) in [4.78, 5) is 19.6. The van der Waals surface area contributed by atoms with Gasteiger partial charge in [0.2, 0.25) is 5.76 Å². The van der Waals surface area contributed by atoms with Crippen molar-refractivity contribution in [2.45, 2.75) is 6.18 Å². The Morgan fingerprint density at radius 2 is 2.00 bits per heavy atom. The molecule has 3 aromatic heterocycles. The molecule has 0 bridgehead atoms. The molecule has 0 aliphatic rings. The average Bonchev–Trinajstić information content (AvgIpc) is 3.07. The fraction of sp³-hybridized carbons (Fsp3) is 0.143. The van der Waals surface area contributed by atoms with Gasteiger partial charge in [-0.05, 0) is 18.2 Å². The molecule has 124 valence electrons. The van der Waals surface area contributed by atoms with Crippen molar-refractivity contribution in [3.05, 3.63) is 48.1 Å². The summed E-state index contributed by atoms with van der Waals surface area (Å²) in [6.07, 6.45) is -1.92. The van der Waals surface area contributed by atoms with Crippen LogP contribution in [0.2, 0.25) is 0 Å². The molecule has 1 amide bonds. The summed E-state index contributed by atoms with van der Waals surface area (Å²) < 4.78 is 43.0. The van der Waals surface area contributed by atoms with Crippen molar-refractivity contribution in [1.29, 1.82) is 0 Å². The Bertz CT molecular complexity index is 880. The van der Waals surface area contributed by atoms with Crippen molar-refractivity contribution in [2.75, 3.05) is 12.1 Å². The molecule has 0 saturated carbocycles. The van der Waals surface area contributed by atoms with Gasteiger partial charge in [0.1, 0.15) is 5.69 Å². The molecule has 1 N–H and O–H groups in total.